The van der Waals surface area contributed by atoms with Gasteiger partial charge in [0.1, 0.15) is 0 Å². The summed E-state index contributed by atoms with van der Waals surface area (Å²) in [6, 6.07) is 6.27. The second-order valence-corrected chi connectivity index (χ2v) is 4.99. The molecule has 0 aliphatic rings. The molecule has 1 heterocycles. The molecule has 0 atom stereocenters. The van der Waals surface area contributed by atoms with Crippen molar-refractivity contribution in [3.8, 4) is 0 Å². The van der Waals surface area contributed by atoms with Crippen LogP contribution in [0.15, 0.2) is 36.0 Å². The van der Waals surface area contributed by atoms with Crippen LogP contribution in [0.25, 0.3) is 11.0 Å². The number of fused-ring (bicyclic) bond motifs is 1. The summed E-state index contributed by atoms with van der Waals surface area (Å²) in [4.78, 5) is 7.86. The largest absolute Gasteiger partial charge is 0.333 e. The SMILES string of the molecule is C=CCNCCSc1nc2ccc(C)cc2[nH]1. The van der Waals surface area contributed by atoms with Crippen molar-refractivity contribution in [1.29, 1.82) is 0 Å². The molecule has 0 saturated carbocycles. The molecule has 2 N–H and O–H groups in total. The van der Waals surface area contributed by atoms with E-state index >= 15 is 0 Å². The van der Waals surface area contributed by atoms with Crippen LogP contribution >= 0.6 is 11.8 Å². The lowest BCUT2D eigenvalue weighted by atomic mass is 10.2. The lowest BCUT2D eigenvalue weighted by Crippen LogP contribution is -2.16. The van der Waals surface area contributed by atoms with Crippen molar-refractivity contribution in [2.75, 3.05) is 18.8 Å². The number of nitrogens with zero attached hydrogens (tertiary/aromatic N) is 1. The zero-order valence-electron chi connectivity index (χ0n) is 9.99. The van der Waals surface area contributed by atoms with E-state index in [-0.39, 0.29) is 0 Å². The van der Waals surface area contributed by atoms with Crippen LogP contribution in [0.3, 0.4) is 0 Å². The molecule has 0 fully saturated rings. The average molecular weight is 247 g/mol. The van der Waals surface area contributed by atoms with Gasteiger partial charge in [-0.3, -0.25) is 0 Å². The van der Waals surface area contributed by atoms with Gasteiger partial charge >= 0.3 is 0 Å². The summed E-state index contributed by atoms with van der Waals surface area (Å²) in [6.45, 7) is 7.58. The van der Waals surface area contributed by atoms with Gasteiger partial charge in [0, 0.05) is 18.8 Å². The molecular weight excluding hydrogens is 230 g/mol. The maximum absolute atomic E-state index is 4.53. The molecule has 0 saturated heterocycles. The van der Waals surface area contributed by atoms with Crippen molar-refractivity contribution in [2.24, 2.45) is 0 Å². The van der Waals surface area contributed by atoms with Gasteiger partial charge in [-0.15, -0.1) is 6.58 Å². The molecule has 1 aromatic heterocycles. The van der Waals surface area contributed by atoms with Crippen LogP contribution in [-0.2, 0) is 0 Å². The van der Waals surface area contributed by atoms with Crippen LogP contribution in [0.2, 0.25) is 0 Å². The van der Waals surface area contributed by atoms with E-state index in [1.165, 1.54) is 5.56 Å². The second kappa shape index (κ2) is 5.89. The van der Waals surface area contributed by atoms with E-state index in [2.05, 4.69) is 47.0 Å². The van der Waals surface area contributed by atoms with Gasteiger partial charge in [0.15, 0.2) is 5.16 Å². The molecular formula is C13H17N3S. The molecule has 2 aromatic rings. The van der Waals surface area contributed by atoms with Crippen LogP contribution < -0.4 is 5.32 Å². The van der Waals surface area contributed by atoms with Crippen LogP contribution in [0.1, 0.15) is 5.56 Å². The summed E-state index contributed by atoms with van der Waals surface area (Å²) in [5.74, 6) is 1.01. The van der Waals surface area contributed by atoms with Crippen molar-refractivity contribution in [3.05, 3.63) is 36.4 Å². The summed E-state index contributed by atoms with van der Waals surface area (Å²) in [5.41, 5.74) is 3.41. The van der Waals surface area contributed by atoms with Crippen molar-refractivity contribution < 1.29 is 0 Å². The number of thioether (sulfide) groups is 1. The maximum Gasteiger partial charge on any atom is 0.166 e. The zero-order valence-corrected chi connectivity index (χ0v) is 10.8. The Morgan fingerprint density at radius 2 is 2.41 bits per heavy atom. The molecule has 0 unspecified atom stereocenters. The molecule has 90 valence electrons. The molecule has 0 aliphatic heterocycles. The first kappa shape index (κ1) is 12.2. The number of benzene rings is 1. The normalized spacial score (nSPS) is 10.9. The van der Waals surface area contributed by atoms with Crippen LogP contribution in [-0.4, -0.2) is 28.8 Å². The number of rotatable bonds is 6. The third-order valence-corrected chi connectivity index (χ3v) is 3.30. The molecule has 0 amide bonds. The predicted molar refractivity (Wildman–Crippen MR) is 74.6 cm³/mol. The van der Waals surface area contributed by atoms with Crippen LogP contribution in [0.5, 0.6) is 0 Å². The van der Waals surface area contributed by atoms with Gasteiger partial charge in [0.05, 0.1) is 11.0 Å². The number of aryl methyl sites for hydroxylation is 1. The minimum atomic E-state index is 0.861. The fraction of sp³-hybridized carbons (Fsp3) is 0.308. The molecule has 0 radical (unpaired) electrons. The summed E-state index contributed by atoms with van der Waals surface area (Å²) < 4.78 is 0. The average Bonchev–Trinajstić information content (AvgIpc) is 2.70. The fourth-order valence-corrected chi connectivity index (χ4v) is 2.38. The number of hydrogen-bond donors (Lipinski definition) is 2. The van der Waals surface area contributed by atoms with Crippen LogP contribution in [0, 0.1) is 6.92 Å². The van der Waals surface area contributed by atoms with Gasteiger partial charge in [-0.1, -0.05) is 23.9 Å². The van der Waals surface area contributed by atoms with Crippen molar-refractivity contribution in [3.63, 3.8) is 0 Å². The van der Waals surface area contributed by atoms with E-state index in [1.807, 2.05) is 6.08 Å². The number of nitrogens with one attached hydrogen (secondary N) is 2. The molecule has 17 heavy (non-hydrogen) atoms. The zero-order chi connectivity index (χ0) is 12.1. The summed E-state index contributed by atoms with van der Waals surface area (Å²) in [7, 11) is 0. The number of aromatic nitrogens is 2. The first-order chi connectivity index (χ1) is 8.29. The Kier molecular flexibility index (Phi) is 4.23. The van der Waals surface area contributed by atoms with Crippen molar-refractivity contribution >= 4 is 22.8 Å². The van der Waals surface area contributed by atoms with Crippen molar-refractivity contribution in [1.82, 2.24) is 15.3 Å². The number of imidazole rings is 1. The lowest BCUT2D eigenvalue weighted by molar-refractivity contribution is 0.806. The molecule has 0 spiro atoms. The molecule has 4 heteroatoms. The third-order valence-electron chi connectivity index (χ3n) is 2.42. The maximum atomic E-state index is 4.53. The summed E-state index contributed by atoms with van der Waals surface area (Å²) >= 11 is 1.74. The monoisotopic (exact) mass is 247 g/mol. The predicted octanol–water partition coefficient (Wildman–Crippen LogP) is 2.74. The van der Waals surface area contributed by atoms with Crippen molar-refractivity contribution in [2.45, 2.75) is 12.1 Å². The van der Waals surface area contributed by atoms with E-state index in [1.54, 1.807) is 11.8 Å². The van der Waals surface area contributed by atoms with Crippen LogP contribution in [0.4, 0.5) is 0 Å². The standard InChI is InChI=1S/C13H17N3S/c1-3-6-14-7-8-17-13-15-11-5-4-10(2)9-12(11)16-13/h3-5,9,14H,1,6-8H2,2H3,(H,15,16). The number of hydrogen-bond acceptors (Lipinski definition) is 3. The Hall–Kier alpha value is -1.26. The van der Waals surface area contributed by atoms with Gasteiger partial charge < -0.3 is 10.3 Å². The fourth-order valence-electron chi connectivity index (χ4n) is 1.59. The van der Waals surface area contributed by atoms with Gasteiger partial charge in [0.25, 0.3) is 0 Å². The Morgan fingerprint density at radius 3 is 3.24 bits per heavy atom. The van der Waals surface area contributed by atoms with Gasteiger partial charge in [-0.05, 0) is 24.6 Å². The van der Waals surface area contributed by atoms with E-state index in [0.29, 0.717) is 0 Å². The van der Waals surface area contributed by atoms with E-state index in [0.717, 1.165) is 35.0 Å². The van der Waals surface area contributed by atoms with Gasteiger partial charge in [-0.2, -0.15) is 0 Å². The third kappa shape index (κ3) is 3.35. The molecule has 2 rings (SSSR count). The van der Waals surface area contributed by atoms with E-state index in [4.69, 9.17) is 0 Å². The Morgan fingerprint density at radius 1 is 1.53 bits per heavy atom. The highest BCUT2D eigenvalue weighted by Crippen LogP contribution is 2.19. The molecule has 1 aromatic carbocycles. The summed E-state index contributed by atoms with van der Waals surface area (Å²) in [5, 5.41) is 4.26. The lowest BCUT2D eigenvalue weighted by Gasteiger charge is -1.98. The van der Waals surface area contributed by atoms with Gasteiger partial charge in [0.2, 0.25) is 0 Å². The highest BCUT2D eigenvalue weighted by molar-refractivity contribution is 7.99. The number of H-pyrrole nitrogens is 1. The minimum absolute atomic E-state index is 0.861. The van der Waals surface area contributed by atoms with Gasteiger partial charge in [-0.25, -0.2) is 4.98 Å². The highest BCUT2D eigenvalue weighted by atomic mass is 32.2. The Labute approximate surface area is 106 Å². The topological polar surface area (TPSA) is 40.7 Å². The molecule has 3 nitrogen and oxygen atoms in total. The minimum Gasteiger partial charge on any atom is -0.333 e. The smallest absolute Gasteiger partial charge is 0.166 e. The first-order valence-corrected chi connectivity index (χ1v) is 6.69. The Balaban J connectivity index is 1.93. The first-order valence-electron chi connectivity index (χ1n) is 5.70. The second-order valence-electron chi connectivity index (χ2n) is 3.90. The quantitative estimate of drug-likeness (QED) is 0.468. The summed E-state index contributed by atoms with van der Waals surface area (Å²) in [6.07, 6.45) is 1.87. The Bertz CT molecular complexity index is 504. The number of aromatic amines is 1. The molecule has 0 aliphatic carbocycles. The van der Waals surface area contributed by atoms with E-state index < -0.39 is 0 Å². The highest BCUT2D eigenvalue weighted by Gasteiger charge is 2.02. The molecule has 0 bridgehead atoms. The van der Waals surface area contributed by atoms with E-state index in [9.17, 15) is 0 Å².